The average molecular weight is 511 g/mol. The second-order valence-electron chi connectivity index (χ2n) is 10.0. The number of benzene rings is 1. The zero-order chi connectivity index (χ0) is 26.3. The van der Waals surface area contributed by atoms with E-state index < -0.39 is 17.6 Å². The minimum atomic E-state index is -4.52. The van der Waals surface area contributed by atoms with Crippen molar-refractivity contribution in [1.82, 2.24) is 9.97 Å². The molecule has 9 heteroatoms. The van der Waals surface area contributed by atoms with Gasteiger partial charge in [0.2, 0.25) is 0 Å². The minimum Gasteiger partial charge on any atom is -0.377 e. The number of carbonyl (C=O) groups is 1. The SMILES string of the molecule is Cc1ncc(NC(=O)c2cccc(C(F)(F)F)c2)cc1-c1cnc2c(c1)N1CCOC[C@H]1[C@@H](C(C)C)C2. The normalized spacial score (nSPS) is 19.4. The highest BCUT2D eigenvalue weighted by Crippen LogP contribution is 2.40. The fraction of sp³-hybridized carbons (Fsp3) is 0.393. The van der Waals surface area contributed by atoms with E-state index in [1.165, 1.54) is 18.3 Å². The number of anilines is 2. The number of pyridine rings is 2. The minimum absolute atomic E-state index is 0.0783. The summed E-state index contributed by atoms with van der Waals surface area (Å²) in [6, 6.07) is 8.56. The number of nitrogens with zero attached hydrogens (tertiary/aromatic N) is 3. The van der Waals surface area contributed by atoms with Crippen LogP contribution in [0.4, 0.5) is 24.5 Å². The summed E-state index contributed by atoms with van der Waals surface area (Å²) in [6.45, 7) is 8.53. The maximum absolute atomic E-state index is 13.1. The van der Waals surface area contributed by atoms with Crippen molar-refractivity contribution < 1.29 is 22.7 Å². The van der Waals surface area contributed by atoms with Crippen LogP contribution in [0.1, 0.15) is 41.2 Å². The van der Waals surface area contributed by atoms with Crippen LogP contribution in [0, 0.1) is 18.8 Å². The molecule has 194 valence electrons. The Kier molecular flexibility index (Phi) is 6.66. The van der Waals surface area contributed by atoms with Gasteiger partial charge in [0, 0.05) is 35.1 Å². The number of halogens is 3. The van der Waals surface area contributed by atoms with Crippen LogP contribution in [-0.4, -0.2) is 41.7 Å². The Balaban J connectivity index is 1.44. The van der Waals surface area contributed by atoms with Gasteiger partial charge in [-0.05, 0) is 55.5 Å². The Bertz CT molecular complexity index is 1330. The average Bonchev–Trinajstić information content (AvgIpc) is 2.88. The van der Waals surface area contributed by atoms with Crippen molar-refractivity contribution in [2.45, 2.75) is 39.4 Å². The van der Waals surface area contributed by atoms with Crippen molar-refractivity contribution in [3.8, 4) is 11.1 Å². The van der Waals surface area contributed by atoms with Gasteiger partial charge in [0.05, 0.1) is 48.1 Å². The molecule has 0 unspecified atom stereocenters. The third-order valence-electron chi connectivity index (χ3n) is 7.31. The number of morpholine rings is 1. The number of ether oxygens (including phenoxy) is 1. The summed E-state index contributed by atoms with van der Waals surface area (Å²) in [4.78, 5) is 24.4. The lowest BCUT2D eigenvalue weighted by Gasteiger charge is -2.47. The van der Waals surface area contributed by atoms with E-state index in [1.807, 2.05) is 13.1 Å². The second-order valence-corrected chi connectivity index (χ2v) is 10.0. The van der Waals surface area contributed by atoms with Gasteiger partial charge in [0.15, 0.2) is 0 Å². The van der Waals surface area contributed by atoms with Crippen LogP contribution >= 0.6 is 0 Å². The Morgan fingerprint density at radius 3 is 2.73 bits per heavy atom. The third-order valence-corrected chi connectivity index (χ3v) is 7.31. The number of hydrogen-bond acceptors (Lipinski definition) is 5. The smallest absolute Gasteiger partial charge is 0.377 e. The standard InChI is InChI=1S/C28H29F3N4O2/c1-16(2)22-12-24-25(35-7-8-37-15-26(22)35)10-19(13-33-24)23-11-21(14-32-17(23)3)34-27(36)18-5-4-6-20(9-18)28(29,30)31/h4-6,9-11,13-14,16,22,26H,7-8,12,15H2,1-3H3,(H,34,36)/t22-,26+/m1/s1. The van der Waals surface area contributed by atoms with Crippen LogP contribution in [-0.2, 0) is 17.3 Å². The molecule has 0 bridgehead atoms. The number of hydrogen-bond donors (Lipinski definition) is 1. The Labute approximate surface area is 213 Å². The van der Waals surface area contributed by atoms with E-state index in [2.05, 4.69) is 35.1 Å². The molecule has 2 aliphatic heterocycles. The summed E-state index contributed by atoms with van der Waals surface area (Å²) >= 11 is 0. The number of amides is 1. The van der Waals surface area contributed by atoms with Crippen LogP contribution in [0.2, 0.25) is 0 Å². The fourth-order valence-corrected chi connectivity index (χ4v) is 5.28. The molecule has 6 nitrogen and oxygen atoms in total. The molecule has 37 heavy (non-hydrogen) atoms. The van der Waals surface area contributed by atoms with Gasteiger partial charge in [-0.15, -0.1) is 0 Å². The van der Waals surface area contributed by atoms with Crippen LogP contribution in [0.15, 0.2) is 48.8 Å². The number of fused-ring (bicyclic) bond motifs is 3. The molecule has 2 aromatic heterocycles. The first-order valence-electron chi connectivity index (χ1n) is 12.4. The lowest BCUT2D eigenvalue weighted by molar-refractivity contribution is -0.137. The van der Waals surface area contributed by atoms with Gasteiger partial charge in [-0.1, -0.05) is 19.9 Å². The number of nitrogens with one attached hydrogen (secondary N) is 1. The molecule has 2 atom stereocenters. The van der Waals surface area contributed by atoms with Crippen molar-refractivity contribution in [1.29, 1.82) is 0 Å². The van der Waals surface area contributed by atoms with Crippen LogP contribution in [0.3, 0.4) is 0 Å². The zero-order valence-electron chi connectivity index (χ0n) is 21.0. The van der Waals surface area contributed by atoms with E-state index in [1.54, 1.807) is 6.07 Å². The first-order chi connectivity index (χ1) is 17.6. The molecule has 0 aliphatic carbocycles. The lowest BCUT2D eigenvalue weighted by Crippen LogP contribution is -2.54. The summed E-state index contributed by atoms with van der Waals surface area (Å²) in [5.41, 5.74) is 4.04. The highest BCUT2D eigenvalue weighted by atomic mass is 19.4. The first kappa shape index (κ1) is 25.2. The number of aryl methyl sites for hydroxylation is 1. The van der Waals surface area contributed by atoms with Crippen LogP contribution in [0.25, 0.3) is 11.1 Å². The monoisotopic (exact) mass is 510 g/mol. The molecule has 5 rings (SSSR count). The molecule has 1 aromatic carbocycles. The van der Waals surface area contributed by atoms with Crippen molar-refractivity contribution in [2.24, 2.45) is 11.8 Å². The Morgan fingerprint density at radius 2 is 1.97 bits per heavy atom. The third kappa shape index (κ3) is 5.05. The molecule has 1 amide bonds. The lowest BCUT2D eigenvalue weighted by atomic mass is 9.80. The summed E-state index contributed by atoms with van der Waals surface area (Å²) in [6.07, 6.45) is -0.300. The first-order valence-corrected chi connectivity index (χ1v) is 12.4. The van der Waals surface area contributed by atoms with E-state index >= 15 is 0 Å². The molecular formula is C28H29F3N4O2. The molecule has 2 aliphatic rings. The topological polar surface area (TPSA) is 67.4 Å². The van der Waals surface area contributed by atoms with Gasteiger partial charge in [-0.2, -0.15) is 13.2 Å². The molecule has 1 fully saturated rings. The Hall–Kier alpha value is -3.46. The van der Waals surface area contributed by atoms with E-state index in [0.29, 0.717) is 36.8 Å². The van der Waals surface area contributed by atoms with E-state index in [9.17, 15) is 18.0 Å². The van der Waals surface area contributed by atoms with Gasteiger partial charge in [0.25, 0.3) is 5.91 Å². The molecule has 3 aromatic rings. The largest absolute Gasteiger partial charge is 0.416 e. The molecule has 1 N–H and O–H groups in total. The van der Waals surface area contributed by atoms with Crippen molar-refractivity contribution in [2.75, 3.05) is 30.0 Å². The number of aromatic nitrogens is 2. The van der Waals surface area contributed by atoms with Gasteiger partial charge >= 0.3 is 6.18 Å². The molecule has 0 radical (unpaired) electrons. The molecule has 1 saturated heterocycles. The van der Waals surface area contributed by atoms with E-state index in [4.69, 9.17) is 9.72 Å². The fourth-order valence-electron chi connectivity index (χ4n) is 5.28. The van der Waals surface area contributed by atoms with Crippen molar-refractivity contribution in [3.05, 3.63) is 71.3 Å². The maximum Gasteiger partial charge on any atom is 0.416 e. The molecule has 0 saturated carbocycles. The summed E-state index contributed by atoms with van der Waals surface area (Å²) in [7, 11) is 0. The van der Waals surface area contributed by atoms with Gasteiger partial charge in [0.1, 0.15) is 0 Å². The van der Waals surface area contributed by atoms with Crippen LogP contribution < -0.4 is 10.2 Å². The van der Waals surface area contributed by atoms with Crippen molar-refractivity contribution in [3.63, 3.8) is 0 Å². The Morgan fingerprint density at radius 1 is 1.16 bits per heavy atom. The van der Waals surface area contributed by atoms with E-state index in [-0.39, 0.29) is 5.56 Å². The summed E-state index contributed by atoms with van der Waals surface area (Å²) in [5, 5.41) is 2.68. The van der Waals surface area contributed by atoms with Crippen molar-refractivity contribution >= 4 is 17.3 Å². The predicted octanol–water partition coefficient (Wildman–Crippen LogP) is 5.76. The zero-order valence-corrected chi connectivity index (χ0v) is 21.0. The number of carbonyl (C=O) groups excluding carboxylic acids is 1. The molecule has 4 heterocycles. The maximum atomic E-state index is 13.1. The number of alkyl halides is 3. The quantitative estimate of drug-likeness (QED) is 0.484. The molecular weight excluding hydrogens is 481 g/mol. The summed E-state index contributed by atoms with van der Waals surface area (Å²) in [5.74, 6) is 0.332. The van der Waals surface area contributed by atoms with Gasteiger partial charge < -0.3 is 15.0 Å². The second kappa shape index (κ2) is 9.78. The van der Waals surface area contributed by atoms with Gasteiger partial charge in [-0.3, -0.25) is 14.8 Å². The predicted molar refractivity (Wildman–Crippen MR) is 136 cm³/mol. The van der Waals surface area contributed by atoms with Crippen LogP contribution in [0.5, 0.6) is 0 Å². The summed E-state index contributed by atoms with van der Waals surface area (Å²) < 4.78 is 45.0. The van der Waals surface area contributed by atoms with E-state index in [0.717, 1.165) is 53.3 Å². The highest BCUT2D eigenvalue weighted by Gasteiger charge is 2.38. The highest BCUT2D eigenvalue weighted by molar-refractivity contribution is 6.04. The molecule has 0 spiro atoms. The number of rotatable bonds is 4. The van der Waals surface area contributed by atoms with Gasteiger partial charge in [-0.25, -0.2) is 0 Å².